The number of amides is 1. The van der Waals surface area contributed by atoms with Crippen molar-refractivity contribution in [1.29, 1.82) is 0 Å². The molecule has 31 heavy (non-hydrogen) atoms. The van der Waals surface area contributed by atoms with Gasteiger partial charge >= 0.3 is 0 Å². The van der Waals surface area contributed by atoms with Gasteiger partial charge in [-0.15, -0.1) is 0 Å². The quantitative estimate of drug-likeness (QED) is 0.558. The van der Waals surface area contributed by atoms with Crippen LogP contribution in [-0.2, 0) is 16.8 Å². The molecule has 1 aliphatic heterocycles. The van der Waals surface area contributed by atoms with Gasteiger partial charge in [-0.25, -0.2) is 9.37 Å². The summed E-state index contributed by atoms with van der Waals surface area (Å²) in [6.45, 7) is 5.33. The van der Waals surface area contributed by atoms with Crippen molar-refractivity contribution in [3.8, 4) is 0 Å². The zero-order valence-corrected chi connectivity index (χ0v) is 18.4. The highest BCUT2D eigenvalue weighted by Crippen LogP contribution is 2.23. The Balaban J connectivity index is 1.58. The molecule has 0 radical (unpaired) electrons. The Morgan fingerprint density at radius 2 is 1.90 bits per heavy atom. The van der Waals surface area contributed by atoms with Crippen LogP contribution in [-0.4, -0.2) is 64.0 Å². The first-order chi connectivity index (χ1) is 14.8. The lowest BCUT2D eigenvalue weighted by atomic mass is 10.1. The number of anilines is 2. The van der Waals surface area contributed by atoms with Crippen LogP contribution in [0.2, 0.25) is 0 Å². The number of benzene rings is 1. The summed E-state index contributed by atoms with van der Waals surface area (Å²) in [5, 5.41) is 2.49. The molecule has 168 valence electrons. The summed E-state index contributed by atoms with van der Waals surface area (Å²) in [6.07, 6.45) is 1.57. The van der Waals surface area contributed by atoms with Gasteiger partial charge in [-0.3, -0.25) is 14.4 Å². The maximum Gasteiger partial charge on any atom is 0.300 e. The normalized spacial score (nSPS) is 15.0. The Labute approximate surface area is 181 Å². The monoisotopic (exact) mass is 450 g/mol. The maximum atomic E-state index is 14.5. The van der Waals surface area contributed by atoms with E-state index >= 15 is 0 Å². The molecule has 0 aliphatic carbocycles. The van der Waals surface area contributed by atoms with Crippen molar-refractivity contribution in [2.24, 2.45) is 0 Å². The van der Waals surface area contributed by atoms with Gasteiger partial charge in [0, 0.05) is 58.1 Å². The average molecular weight is 451 g/mol. The van der Waals surface area contributed by atoms with Gasteiger partial charge < -0.3 is 10.2 Å². The molecule has 1 aromatic carbocycles. The third-order valence-corrected chi connectivity index (χ3v) is 6.10. The van der Waals surface area contributed by atoms with E-state index in [1.54, 1.807) is 31.3 Å². The van der Waals surface area contributed by atoms with E-state index in [0.29, 0.717) is 30.9 Å². The third kappa shape index (κ3) is 6.12. The van der Waals surface area contributed by atoms with Crippen molar-refractivity contribution in [2.75, 3.05) is 49.4 Å². The molecule has 1 saturated heterocycles. The standard InChI is InChI=1S/C20H27FN6O3S/c1-3-24-31(29,30)25-19-12-15(6-7-23-19)14-26-8-10-27(11-9-26)18-5-4-16(13-17(18)21)20(28)22-2/h4-7,12-13,24H,3,8-11,14H2,1-2H3,(H,22,28)(H,23,25). The molecule has 1 aliphatic rings. The van der Waals surface area contributed by atoms with Gasteiger partial charge in [-0.05, 0) is 35.9 Å². The first kappa shape index (κ1) is 22.9. The summed E-state index contributed by atoms with van der Waals surface area (Å²) in [5.74, 6) is -0.476. The first-order valence-corrected chi connectivity index (χ1v) is 11.5. The van der Waals surface area contributed by atoms with E-state index in [1.165, 1.54) is 13.1 Å². The van der Waals surface area contributed by atoms with Crippen molar-refractivity contribution >= 4 is 27.6 Å². The van der Waals surface area contributed by atoms with Crippen LogP contribution in [0, 0.1) is 5.82 Å². The molecule has 1 aromatic heterocycles. The van der Waals surface area contributed by atoms with Crippen LogP contribution in [0.1, 0.15) is 22.8 Å². The van der Waals surface area contributed by atoms with E-state index in [1.807, 2.05) is 11.0 Å². The Kier molecular flexibility index (Phi) is 7.42. The van der Waals surface area contributed by atoms with Gasteiger partial charge in [0.15, 0.2) is 0 Å². The topological polar surface area (TPSA) is 107 Å². The van der Waals surface area contributed by atoms with Gasteiger partial charge in [0.05, 0.1) is 5.69 Å². The third-order valence-electron chi connectivity index (χ3n) is 4.95. The molecular weight excluding hydrogens is 423 g/mol. The van der Waals surface area contributed by atoms with Crippen molar-refractivity contribution in [3.63, 3.8) is 0 Å². The first-order valence-electron chi connectivity index (χ1n) is 10.0. The molecule has 0 unspecified atom stereocenters. The van der Waals surface area contributed by atoms with Crippen LogP contribution in [0.25, 0.3) is 0 Å². The Hall–Kier alpha value is -2.76. The lowest BCUT2D eigenvalue weighted by Crippen LogP contribution is -2.46. The van der Waals surface area contributed by atoms with E-state index < -0.39 is 16.0 Å². The SMILES string of the molecule is CCNS(=O)(=O)Nc1cc(CN2CCN(c3ccc(C(=O)NC)cc3F)CC2)ccn1. The number of hydrogen-bond acceptors (Lipinski definition) is 6. The van der Waals surface area contributed by atoms with E-state index in [9.17, 15) is 17.6 Å². The molecule has 2 heterocycles. The fourth-order valence-electron chi connectivity index (χ4n) is 3.45. The number of aromatic nitrogens is 1. The largest absolute Gasteiger partial charge is 0.367 e. The van der Waals surface area contributed by atoms with Crippen LogP contribution in [0.3, 0.4) is 0 Å². The van der Waals surface area contributed by atoms with Gasteiger partial charge in [-0.2, -0.15) is 13.1 Å². The average Bonchev–Trinajstić information content (AvgIpc) is 2.73. The minimum atomic E-state index is -3.63. The minimum absolute atomic E-state index is 0.260. The number of rotatable bonds is 8. The molecule has 0 atom stereocenters. The van der Waals surface area contributed by atoms with Crippen LogP contribution < -0.4 is 19.7 Å². The van der Waals surface area contributed by atoms with Crippen molar-refractivity contribution in [3.05, 3.63) is 53.5 Å². The lowest BCUT2D eigenvalue weighted by Gasteiger charge is -2.36. The Morgan fingerprint density at radius 3 is 2.55 bits per heavy atom. The van der Waals surface area contributed by atoms with Crippen molar-refractivity contribution < 1.29 is 17.6 Å². The van der Waals surface area contributed by atoms with Crippen LogP contribution in [0.4, 0.5) is 15.9 Å². The smallest absolute Gasteiger partial charge is 0.300 e. The molecule has 1 fully saturated rings. The number of nitrogens with one attached hydrogen (secondary N) is 3. The minimum Gasteiger partial charge on any atom is -0.367 e. The maximum absolute atomic E-state index is 14.5. The summed E-state index contributed by atoms with van der Waals surface area (Å²) >= 11 is 0. The number of nitrogens with zero attached hydrogens (tertiary/aromatic N) is 3. The van der Waals surface area contributed by atoms with Gasteiger partial charge in [0.1, 0.15) is 11.6 Å². The summed E-state index contributed by atoms with van der Waals surface area (Å²) in [6, 6.07) is 8.07. The summed E-state index contributed by atoms with van der Waals surface area (Å²) < 4.78 is 43.0. The van der Waals surface area contributed by atoms with Crippen LogP contribution in [0.15, 0.2) is 36.5 Å². The highest BCUT2D eigenvalue weighted by atomic mass is 32.2. The zero-order valence-electron chi connectivity index (χ0n) is 17.6. The summed E-state index contributed by atoms with van der Waals surface area (Å²) in [4.78, 5) is 19.9. The lowest BCUT2D eigenvalue weighted by molar-refractivity contribution is 0.0962. The molecular formula is C20H27FN6O3S. The number of halogens is 1. The predicted molar refractivity (Wildman–Crippen MR) is 118 cm³/mol. The molecule has 3 rings (SSSR count). The highest BCUT2D eigenvalue weighted by molar-refractivity contribution is 7.90. The van der Waals surface area contributed by atoms with E-state index in [-0.39, 0.29) is 18.3 Å². The van der Waals surface area contributed by atoms with E-state index in [4.69, 9.17) is 0 Å². The number of carbonyl (C=O) groups is 1. The molecule has 11 heteroatoms. The fraction of sp³-hybridized carbons (Fsp3) is 0.400. The molecule has 1 amide bonds. The predicted octanol–water partition coefficient (Wildman–Crippen LogP) is 1.17. The molecule has 3 N–H and O–H groups in total. The summed E-state index contributed by atoms with van der Waals surface area (Å²) in [5.41, 5.74) is 1.70. The van der Waals surface area contributed by atoms with E-state index in [2.05, 4.69) is 24.6 Å². The Bertz CT molecular complexity index is 1030. The number of carbonyl (C=O) groups excluding carboxylic acids is 1. The van der Waals surface area contributed by atoms with Crippen molar-refractivity contribution in [2.45, 2.75) is 13.5 Å². The second-order valence-corrected chi connectivity index (χ2v) is 8.66. The zero-order chi connectivity index (χ0) is 22.4. The molecule has 9 nitrogen and oxygen atoms in total. The van der Waals surface area contributed by atoms with Crippen LogP contribution >= 0.6 is 0 Å². The second-order valence-electron chi connectivity index (χ2n) is 7.16. The summed E-state index contributed by atoms with van der Waals surface area (Å²) in [7, 11) is -2.12. The Morgan fingerprint density at radius 1 is 1.16 bits per heavy atom. The van der Waals surface area contributed by atoms with Gasteiger partial charge in [0.2, 0.25) is 0 Å². The number of pyridine rings is 1. The second kappa shape index (κ2) is 10.0. The fourth-order valence-corrected chi connectivity index (χ4v) is 4.29. The number of piperazine rings is 1. The molecule has 0 spiro atoms. The highest BCUT2D eigenvalue weighted by Gasteiger charge is 2.21. The van der Waals surface area contributed by atoms with Gasteiger partial charge in [-0.1, -0.05) is 6.92 Å². The van der Waals surface area contributed by atoms with E-state index in [0.717, 1.165) is 18.7 Å². The number of hydrogen-bond donors (Lipinski definition) is 3. The van der Waals surface area contributed by atoms with Gasteiger partial charge in [0.25, 0.3) is 16.1 Å². The molecule has 2 aromatic rings. The van der Waals surface area contributed by atoms with Crippen molar-refractivity contribution in [1.82, 2.24) is 19.9 Å². The molecule has 0 saturated carbocycles. The molecule has 0 bridgehead atoms. The van der Waals surface area contributed by atoms with Crippen LogP contribution in [0.5, 0.6) is 0 Å².